The minimum atomic E-state index is 0.101. The summed E-state index contributed by atoms with van der Waals surface area (Å²) in [6, 6.07) is 5.75. The van der Waals surface area contributed by atoms with Gasteiger partial charge in [0.05, 0.1) is 5.69 Å². The highest BCUT2D eigenvalue weighted by Gasteiger charge is 2.23. The number of carbonyl (C=O) groups excluding carboxylic acids is 1. The molecule has 1 saturated carbocycles. The zero-order valence-corrected chi connectivity index (χ0v) is 12.8. The second-order valence-corrected chi connectivity index (χ2v) is 6.43. The second kappa shape index (κ2) is 5.61. The monoisotopic (exact) mass is 316 g/mol. The van der Waals surface area contributed by atoms with E-state index in [2.05, 4.69) is 10.3 Å². The van der Waals surface area contributed by atoms with Gasteiger partial charge in [-0.15, -0.1) is 11.3 Å². The molecule has 5 nitrogen and oxygen atoms in total. The van der Waals surface area contributed by atoms with E-state index in [1.807, 2.05) is 23.6 Å². The Bertz CT molecular complexity index is 707. The number of amides is 1. The van der Waals surface area contributed by atoms with Crippen LogP contribution in [0.1, 0.15) is 25.7 Å². The summed E-state index contributed by atoms with van der Waals surface area (Å²) >= 11 is 1.45. The van der Waals surface area contributed by atoms with E-state index in [0.29, 0.717) is 5.13 Å². The summed E-state index contributed by atoms with van der Waals surface area (Å²) in [6.45, 7) is 0.262. The lowest BCUT2D eigenvalue weighted by atomic mass is 10.1. The molecule has 0 spiro atoms. The lowest BCUT2D eigenvalue weighted by Crippen LogP contribution is -2.20. The van der Waals surface area contributed by atoms with Gasteiger partial charge in [-0.05, 0) is 31.0 Å². The summed E-state index contributed by atoms with van der Waals surface area (Å²) in [5.41, 5.74) is 1.80. The van der Waals surface area contributed by atoms with Crippen LogP contribution in [0.3, 0.4) is 0 Å². The average molecular weight is 316 g/mol. The normalized spacial score (nSPS) is 16.9. The van der Waals surface area contributed by atoms with E-state index in [4.69, 9.17) is 9.47 Å². The van der Waals surface area contributed by atoms with Gasteiger partial charge >= 0.3 is 0 Å². The van der Waals surface area contributed by atoms with Gasteiger partial charge in [-0.3, -0.25) is 4.79 Å². The number of nitrogens with one attached hydrogen (secondary N) is 1. The summed E-state index contributed by atoms with van der Waals surface area (Å²) in [7, 11) is 0. The summed E-state index contributed by atoms with van der Waals surface area (Å²) < 4.78 is 10.7. The summed E-state index contributed by atoms with van der Waals surface area (Å²) in [4.78, 5) is 16.6. The van der Waals surface area contributed by atoms with Crippen LogP contribution in [0.5, 0.6) is 11.5 Å². The molecule has 1 N–H and O–H groups in total. The molecule has 22 heavy (non-hydrogen) atoms. The molecule has 1 fully saturated rings. The molecule has 0 unspecified atom stereocenters. The largest absolute Gasteiger partial charge is 0.454 e. The smallest absolute Gasteiger partial charge is 0.231 e. The van der Waals surface area contributed by atoms with Crippen LogP contribution in [-0.4, -0.2) is 17.7 Å². The molecule has 2 heterocycles. The first-order valence-electron chi connectivity index (χ1n) is 7.46. The number of anilines is 1. The second-order valence-electron chi connectivity index (χ2n) is 5.58. The molecule has 2 aliphatic rings. The van der Waals surface area contributed by atoms with Crippen LogP contribution in [0.4, 0.5) is 5.13 Å². The van der Waals surface area contributed by atoms with Crippen molar-refractivity contribution in [1.29, 1.82) is 0 Å². The molecule has 1 aliphatic carbocycles. The van der Waals surface area contributed by atoms with Gasteiger partial charge in [-0.1, -0.05) is 12.8 Å². The van der Waals surface area contributed by atoms with Crippen molar-refractivity contribution in [3.63, 3.8) is 0 Å². The van der Waals surface area contributed by atoms with Crippen LogP contribution < -0.4 is 14.8 Å². The van der Waals surface area contributed by atoms with Gasteiger partial charge in [0.2, 0.25) is 12.7 Å². The predicted octanol–water partition coefficient (Wildman–Crippen LogP) is 3.67. The fraction of sp³-hybridized carbons (Fsp3) is 0.375. The molecule has 2 aromatic rings. The minimum absolute atomic E-state index is 0.101. The highest BCUT2D eigenvalue weighted by Crippen LogP contribution is 2.36. The van der Waals surface area contributed by atoms with Crippen molar-refractivity contribution in [3.05, 3.63) is 23.6 Å². The Morgan fingerprint density at radius 3 is 2.91 bits per heavy atom. The van der Waals surface area contributed by atoms with E-state index in [0.717, 1.165) is 48.4 Å². The number of aromatic nitrogens is 1. The fourth-order valence-electron chi connectivity index (χ4n) is 2.92. The fourth-order valence-corrected chi connectivity index (χ4v) is 3.64. The van der Waals surface area contributed by atoms with Gasteiger partial charge < -0.3 is 14.8 Å². The Kier molecular flexibility index (Phi) is 3.46. The molecular weight excluding hydrogens is 300 g/mol. The van der Waals surface area contributed by atoms with Crippen LogP contribution >= 0.6 is 11.3 Å². The molecule has 6 heteroatoms. The van der Waals surface area contributed by atoms with Crippen molar-refractivity contribution < 1.29 is 14.3 Å². The molecule has 0 atom stereocenters. The highest BCUT2D eigenvalue weighted by molar-refractivity contribution is 7.14. The molecule has 0 saturated heterocycles. The third kappa shape index (κ3) is 2.54. The maximum Gasteiger partial charge on any atom is 0.231 e. The Labute approximate surface area is 132 Å². The topological polar surface area (TPSA) is 60.5 Å². The summed E-state index contributed by atoms with van der Waals surface area (Å²) in [6.07, 6.45) is 4.29. The van der Waals surface area contributed by atoms with Crippen LogP contribution in [0.25, 0.3) is 11.3 Å². The lowest BCUT2D eigenvalue weighted by molar-refractivity contribution is -0.119. The van der Waals surface area contributed by atoms with Gasteiger partial charge in [0.15, 0.2) is 16.6 Å². The number of nitrogens with zero attached hydrogens (tertiary/aromatic N) is 1. The zero-order chi connectivity index (χ0) is 14.9. The molecule has 4 rings (SSSR count). The van der Waals surface area contributed by atoms with Gasteiger partial charge in [0.25, 0.3) is 0 Å². The lowest BCUT2D eigenvalue weighted by Gasteiger charge is -2.07. The Morgan fingerprint density at radius 1 is 1.23 bits per heavy atom. The predicted molar refractivity (Wildman–Crippen MR) is 84.3 cm³/mol. The van der Waals surface area contributed by atoms with Crippen LogP contribution in [0, 0.1) is 5.92 Å². The third-order valence-corrected chi connectivity index (χ3v) is 4.89. The molecule has 1 aromatic heterocycles. The van der Waals surface area contributed by atoms with Crippen molar-refractivity contribution in [3.8, 4) is 22.8 Å². The van der Waals surface area contributed by atoms with Gasteiger partial charge in [0, 0.05) is 16.9 Å². The number of rotatable bonds is 3. The van der Waals surface area contributed by atoms with Gasteiger partial charge in [0.1, 0.15) is 0 Å². The first-order valence-corrected chi connectivity index (χ1v) is 8.34. The molecular formula is C16H16N2O3S. The first-order chi connectivity index (χ1) is 10.8. The number of hydrogen-bond donors (Lipinski definition) is 1. The molecule has 0 radical (unpaired) electrons. The third-order valence-electron chi connectivity index (χ3n) is 4.13. The molecule has 0 bridgehead atoms. The van der Waals surface area contributed by atoms with Crippen molar-refractivity contribution in [2.24, 2.45) is 5.92 Å². The van der Waals surface area contributed by atoms with Crippen molar-refractivity contribution in [2.45, 2.75) is 25.7 Å². The SMILES string of the molecule is O=C(Nc1nc(-c2ccc3c(c2)OCO3)cs1)C1CCCC1. The Balaban J connectivity index is 1.50. The molecule has 1 aromatic carbocycles. The van der Waals surface area contributed by atoms with Crippen LogP contribution in [0.2, 0.25) is 0 Å². The summed E-state index contributed by atoms with van der Waals surface area (Å²) in [5.74, 6) is 1.75. The number of benzene rings is 1. The van der Waals surface area contributed by atoms with Gasteiger partial charge in [-0.25, -0.2) is 4.98 Å². The van der Waals surface area contributed by atoms with E-state index < -0.39 is 0 Å². The number of hydrogen-bond acceptors (Lipinski definition) is 5. The molecule has 1 amide bonds. The highest BCUT2D eigenvalue weighted by atomic mass is 32.1. The van der Waals surface area contributed by atoms with E-state index in [-0.39, 0.29) is 18.6 Å². The van der Waals surface area contributed by atoms with E-state index >= 15 is 0 Å². The number of ether oxygens (including phenoxy) is 2. The maximum absolute atomic E-state index is 12.1. The number of fused-ring (bicyclic) bond motifs is 1. The quantitative estimate of drug-likeness (QED) is 0.938. The van der Waals surface area contributed by atoms with Crippen molar-refractivity contribution in [2.75, 3.05) is 12.1 Å². The maximum atomic E-state index is 12.1. The Hall–Kier alpha value is -2.08. The molecule has 1 aliphatic heterocycles. The van der Waals surface area contributed by atoms with Crippen LogP contribution in [0.15, 0.2) is 23.6 Å². The standard InChI is InChI=1S/C16H16N2O3S/c19-15(10-3-1-2-4-10)18-16-17-12(8-22-16)11-5-6-13-14(7-11)21-9-20-13/h5-8,10H,1-4,9H2,(H,17,18,19). The van der Waals surface area contributed by atoms with Crippen LogP contribution in [-0.2, 0) is 4.79 Å². The van der Waals surface area contributed by atoms with E-state index in [1.54, 1.807) is 0 Å². The number of thiazole rings is 1. The van der Waals surface area contributed by atoms with Gasteiger partial charge in [-0.2, -0.15) is 0 Å². The molecule has 114 valence electrons. The number of carbonyl (C=O) groups is 1. The van der Waals surface area contributed by atoms with E-state index in [9.17, 15) is 4.79 Å². The first kappa shape index (κ1) is 13.6. The van der Waals surface area contributed by atoms with Crippen molar-refractivity contribution in [1.82, 2.24) is 4.98 Å². The minimum Gasteiger partial charge on any atom is -0.454 e. The van der Waals surface area contributed by atoms with E-state index in [1.165, 1.54) is 11.3 Å². The summed E-state index contributed by atoms with van der Waals surface area (Å²) in [5, 5.41) is 5.54. The zero-order valence-electron chi connectivity index (χ0n) is 12.0. The Morgan fingerprint density at radius 2 is 2.05 bits per heavy atom. The average Bonchev–Trinajstić information content (AvgIpc) is 3.27. The van der Waals surface area contributed by atoms with Crippen molar-refractivity contribution >= 4 is 22.4 Å².